The van der Waals surface area contributed by atoms with E-state index in [-0.39, 0.29) is 18.1 Å². The molecule has 174 valence electrons. The molecule has 2 aromatic carbocycles. The van der Waals surface area contributed by atoms with Crippen molar-refractivity contribution in [2.24, 2.45) is 7.05 Å². The molecule has 0 radical (unpaired) electrons. The molecule has 0 fully saturated rings. The summed E-state index contributed by atoms with van der Waals surface area (Å²) in [4.78, 5) is 30.3. The highest BCUT2D eigenvalue weighted by Crippen LogP contribution is 2.23. The molecule has 0 spiro atoms. The number of hydrogen-bond acceptors (Lipinski definition) is 5. The lowest BCUT2D eigenvalue weighted by molar-refractivity contribution is 0.102. The molecule has 2 heterocycles. The maximum absolute atomic E-state index is 14.7. The molecule has 0 aliphatic rings. The minimum absolute atomic E-state index is 0.0983. The van der Waals surface area contributed by atoms with E-state index >= 15 is 0 Å². The number of urea groups is 1. The van der Waals surface area contributed by atoms with Crippen molar-refractivity contribution >= 4 is 40.0 Å². The quantitative estimate of drug-likeness (QED) is 0.402. The van der Waals surface area contributed by atoms with Gasteiger partial charge < -0.3 is 15.5 Å². The van der Waals surface area contributed by atoms with E-state index in [0.29, 0.717) is 17.2 Å². The first-order chi connectivity index (χ1) is 16.3. The summed E-state index contributed by atoms with van der Waals surface area (Å²) in [5.41, 5.74) is 2.27. The monoisotopic (exact) mass is 461 g/mol. The lowest BCUT2D eigenvalue weighted by Crippen LogP contribution is -2.27. The van der Waals surface area contributed by atoms with Crippen LogP contribution in [0.25, 0.3) is 10.9 Å². The number of carbonyl (C=O) groups is 2. The predicted molar refractivity (Wildman–Crippen MR) is 129 cm³/mol. The van der Waals surface area contributed by atoms with Crippen molar-refractivity contribution in [2.75, 3.05) is 30.0 Å². The minimum atomic E-state index is -0.643. The average molecular weight is 462 g/mol. The van der Waals surface area contributed by atoms with Gasteiger partial charge in [0.25, 0.3) is 5.91 Å². The normalized spacial score (nSPS) is 10.7. The second kappa shape index (κ2) is 9.57. The summed E-state index contributed by atoms with van der Waals surface area (Å²) >= 11 is 0. The van der Waals surface area contributed by atoms with Gasteiger partial charge in [-0.05, 0) is 48.0 Å². The molecule has 34 heavy (non-hydrogen) atoms. The smallest absolute Gasteiger partial charge is 0.322 e. The van der Waals surface area contributed by atoms with E-state index in [4.69, 9.17) is 0 Å². The fraction of sp³-hybridized carbons (Fsp3) is 0.167. The molecular formula is C24H24FN7O2. The van der Waals surface area contributed by atoms with Crippen LogP contribution in [0.3, 0.4) is 0 Å². The Morgan fingerprint density at radius 3 is 2.71 bits per heavy atom. The Labute approximate surface area is 195 Å². The number of nitrogens with one attached hydrogen (secondary N) is 3. The van der Waals surface area contributed by atoms with E-state index in [2.05, 4.69) is 26.0 Å². The van der Waals surface area contributed by atoms with Crippen LogP contribution in [-0.4, -0.2) is 45.7 Å². The van der Waals surface area contributed by atoms with Crippen LogP contribution in [0.2, 0.25) is 0 Å². The van der Waals surface area contributed by atoms with E-state index in [1.54, 1.807) is 55.3 Å². The molecule has 0 saturated carbocycles. The van der Waals surface area contributed by atoms with E-state index in [1.807, 2.05) is 19.3 Å². The van der Waals surface area contributed by atoms with E-state index in [9.17, 15) is 14.0 Å². The van der Waals surface area contributed by atoms with Crippen LogP contribution >= 0.6 is 0 Å². The summed E-state index contributed by atoms with van der Waals surface area (Å²) in [6, 6.07) is 12.9. The maximum Gasteiger partial charge on any atom is 0.322 e. The molecule has 0 aliphatic heterocycles. The number of amides is 3. The minimum Gasteiger partial charge on any atom is -0.380 e. The van der Waals surface area contributed by atoms with Crippen LogP contribution in [0.4, 0.5) is 26.4 Å². The zero-order valence-electron chi connectivity index (χ0n) is 19.0. The fourth-order valence-electron chi connectivity index (χ4n) is 3.38. The number of aryl methyl sites for hydroxylation is 1. The van der Waals surface area contributed by atoms with Crippen LogP contribution in [0.15, 0.2) is 60.9 Å². The van der Waals surface area contributed by atoms with Gasteiger partial charge in [-0.1, -0.05) is 6.07 Å². The molecule has 0 atom stereocenters. The molecular weight excluding hydrogens is 437 g/mol. The highest BCUT2D eigenvalue weighted by molar-refractivity contribution is 6.08. The Morgan fingerprint density at radius 2 is 1.91 bits per heavy atom. The van der Waals surface area contributed by atoms with Crippen molar-refractivity contribution in [3.05, 3.63) is 77.9 Å². The van der Waals surface area contributed by atoms with E-state index < -0.39 is 11.7 Å². The number of hydrogen-bond donors (Lipinski definition) is 3. The van der Waals surface area contributed by atoms with Crippen molar-refractivity contribution in [2.45, 2.75) is 6.54 Å². The fourth-order valence-corrected chi connectivity index (χ4v) is 3.38. The second-order valence-corrected chi connectivity index (χ2v) is 7.92. The highest BCUT2D eigenvalue weighted by atomic mass is 19.1. The molecule has 9 nitrogen and oxygen atoms in total. The van der Waals surface area contributed by atoms with Crippen molar-refractivity contribution < 1.29 is 14.0 Å². The summed E-state index contributed by atoms with van der Waals surface area (Å²) in [5, 5.41) is 13.8. The Hall–Kier alpha value is -4.47. The Bertz CT molecular complexity index is 1370. The van der Waals surface area contributed by atoms with Gasteiger partial charge in [0.1, 0.15) is 11.6 Å². The van der Waals surface area contributed by atoms with Gasteiger partial charge in [0.2, 0.25) is 0 Å². The summed E-state index contributed by atoms with van der Waals surface area (Å²) in [5.74, 6) is -0.834. The number of carbonyl (C=O) groups excluding carboxylic acids is 2. The van der Waals surface area contributed by atoms with Crippen LogP contribution in [0, 0.1) is 5.82 Å². The van der Waals surface area contributed by atoms with Crippen LogP contribution < -0.4 is 16.0 Å². The highest BCUT2D eigenvalue weighted by Gasteiger charge is 2.17. The molecule has 3 N–H and O–H groups in total. The number of fused-ring (bicyclic) bond motifs is 1. The number of benzene rings is 2. The molecule has 3 amide bonds. The zero-order valence-corrected chi connectivity index (χ0v) is 19.0. The number of halogens is 1. The molecule has 0 aliphatic carbocycles. The number of nitrogens with zero attached hydrogens (tertiary/aromatic N) is 4. The first kappa shape index (κ1) is 22.7. The van der Waals surface area contributed by atoms with Gasteiger partial charge in [-0.15, -0.1) is 0 Å². The van der Waals surface area contributed by atoms with Gasteiger partial charge in [0.05, 0.1) is 16.8 Å². The molecule has 0 saturated heterocycles. The number of aromatic nitrogens is 3. The van der Waals surface area contributed by atoms with Crippen molar-refractivity contribution in [1.29, 1.82) is 0 Å². The Morgan fingerprint density at radius 1 is 1.09 bits per heavy atom. The van der Waals surface area contributed by atoms with Crippen LogP contribution in [-0.2, 0) is 13.6 Å². The standard InChI is InChI=1S/C24H24FN7O2/c1-31(2)24(34)29-21-11-15(9-10-26-21)13-27-19-6-4-5-18(25)22(19)23(33)28-17-8-7-16-14-32(3)30-20(16)12-17/h4-12,14,27H,13H2,1-3H3,(H,28,33)(H,26,29,34). The van der Waals surface area contributed by atoms with Crippen molar-refractivity contribution in [3.8, 4) is 0 Å². The summed E-state index contributed by atoms with van der Waals surface area (Å²) in [7, 11) is 5.08. The van der Waals surface area contributed by atoms with Gasteiger partial charge in [-0.3, -0.25) is 14.8 Å². The SMILES string of the molecule is CN(C)C(=O)Nc1cc(CNc2cccc(F)c2C(=O)Nc2ccc3cn(C)nc3c2)ccn1. The van der Waals surface area contributed by atoms with E-state index in [1.165, 1.54) is 17.0 Å². The number of rotatable bonds is 6. The Kier molecular flexibility index (Phi) is 6.39. The van der Waals surface area contributed by atoms with Crippen molar-refractivity contribution in [3.63, 3.8) is 0 Å². The lowest BCUT2D eigenvalue weighted by atomic mass is 10.1. The average Bonchev–Trinajstić information content (AvgIpc) is 3.17. The largest absolute Gasteiger partial charge is 0.380 e. The third-order valence-corrected chi connectivity index (χ3v) is 5.07. The van der Waals surface area contributed by atoms with Gasteiger partial charge in [-0.25, -0.2) is 14.2 Å². The first-order valence-corrected chi connectivity index (χ1v) is 10.5. The van der Waals surface area contributed by atoms with Gasteiger partial charge in [0, 0.05) is 51.2 Å². The third-order valence-electron chi connectivity index (χ3n) is 5.07. The third kappa shape index (κ3) is 5.12. The summed E-state index contributed by atoms with van der Waals surface area (Å²) in [6.07, 6.45) is 3.44. The number of pyridine rings is 1. The summed E-state index contributed by atoms with van der Waals surface area (Å²) in [6.45, 7) is 0.289. The molecule has 4 rings (SSSR count). The van der Waals surface area contributed by atoms with Gasteiger partial charge in [-0.2, -0.15) is 5.10 Å². The molecule has 0 unspecified atom stereocenters. The van der Waals surface area contributed by atoms with E-state index in [0.717, 1.165) is 16.5 Å². The second-order valence-electron chi connectivity index (χ2n) is 7.92. The topological polar surface area (TPSA) is 104 Å². The van der Waals surface area contributed by atoms with Gasteiger partial charge >= 0.3 is 6.03 Å². The molecule has 2 aromatic heterocycles. The Balaban J connectivity index is 1.50. The number of anilines is 3. The summed E-state index contributed by atoms with van der Waals surface area (Å²) < 4.78 is 16.4. The molecule has 10 heteroatoms. The molecule has 4 aromatic rings. The van der Waals surface area contributed by atoms with Crippen molar-refractivity contribution in [1.82, 2.24) is 19.7 Å². The van der Waals surface area contributed by atoms with Crippen LogP contribution in [0.1, 0.15) is 15.9 Å². The van der Waals surface area contributed by atoms with Gasteiger partial charge in [0.15, 0.2) is 0 Å². The zero-order chi connectivity index (χ0) is 24.2. The predicted octanol–water partition coefficient (Wildman–Crippen LogP) is 4.07. The lowest BCUT2D eigenvalue weighted by Gasteiger charge is -2.14. The van der Waals surface area contributed by atoms with Crippen LogP contribution in [0.5, 0.6) is 0 Å². The maximum atomic E-state index is 14.7. The molecule has 0 bridgehead atoms. The first-order valence-electron chi connectivity index (χ1n) is 10.5.